The number of nitro groups is 1. The zero-order valence-electron chi connectivity index (χ0n) is 13.9. The van der Waals surface area contributed by atoms with Crippen LogP contribution in [0.4, 0.5) is 11.4 Å². The molecule has 2 atom stereocenters. The second-order valence-corrected chi connectivity index (χ2v) is 6.96. The van der Waals surface area contributed by atoms with Crippen LogP contribution in [0.25, 0.3) is 0 Å². The highest BCUT2D eigenvalue weighted by molar-refractivity contribution is 7.10. The minimum atomic E-state index is -0.519. The normalized spacial score (nSPS) is 19.6. The molecule has 0 bridgehead atoms. The Hall–Kier alpha value is -2.45. The monoisotopic (exact) mass is 362 g/mol. The zero-order valence-corrected chi connectivity index (χ0v) is 14.7. The van der Waals surface area contributed by atoms with E-state index in [4.69, 9.17) is 4.74 Å². The Morgan fingerprint density at radius 3 is 3.00 bits per heavy atom. The summed E-state index contributed by atoms with van der Waals surface area (Å²) >= 11 is 1.71. The Morgan fingerprint density at radius 2 is 2.32 bits per heavy atom. The van der Waals surface area contributed by atoms with E-state index in [9.17, 15) is 14.9 Å². The molecule has 1 unspecified atom stereocenters. The number of hydrogen-bond donors (Lipinski definition) is 2. The number of nitrogens with one attached hydrogen (secondary N) is 2. The van der Waals surface area contributed by atoms with E-state index in [2.05, 4.69) is 11.4 Å². The number of ether oxygens (including phenoxy) is 1. The smallest absolute Gasteiger partial charge is 0.296 e. The van der Waals surface area contributed by atoms with Crippen LogP contribution in [-0.4, -0.2) is 31.0 Å². The van der Waals surface area contributed by atoms with Gasteiger partial charge in [0.2, 0.25) is 0 Å². The van der Waals surface area contributed by atoms with Gasteiger partial charge in [-0.25, -0.2) is 0 Å². The van der Waals surface area contributed by atoms with Crippen LogP contribution in [0.5, 0.6) is 5.75 Å². The van der Waals surface area contributed by atoms with E-state index < -0.39 is 4.92 Å². The molecule has 1 saturated heterocycles. The second-order valence-electron chi connectivity index (χ2n) is 5.98. The molecule has 1 aliphatic heterocycles. The molecule has 8 heteroatoms. The van der Waals surface area contributed by atoms with Gasteiger partial charge in [-0.05, 0) is 23.6 Å². The number of methoxy groups -OCH3 is 1. The van der Waals surface area contributed by atoms with Crippen LogP contribution in [0.15, 0.2) is 35.7 Å². The van der Waals surface area contributed by atoms with Gasteiger partial charge in [0.05, 0.1) is 29.5 Å². The fourth-order valence-electron chi connectivity index (χ4n) is 3.25. The van der Waals surface area contributed by atoms with Gasteiger partial charge in [0.25, 0.3) is 11.6 Å². The lowest BCUT2D eigenvalue weighted by Gasteiger charge is -2.20. The van der Waals surface area contributed by atoms with Crippen molar-refractivity contribution in [3.63, 3.8) is 0 Å². The molecule has 0 radical (unpaired) electrons. The molecule has 0 saturated carbocycles. The van der Waals surface area contributed by atoms with Crippen LogP contribution < -0.4 is 15.0 Å². The molecule has 1 amide bonds. The summed E-state index contributed by atoms with van der Waals surface area (Å²) in [5.41, 5.74) is 0.0287. The number of likely N-dealkylation sites (tertiary alicyclic amines) is 1. The molecular formula is C17H20N3O4S+. The van der Waals surface area contributed by atoms with Crippen molar-refractivity contribution in [2.45, 2.75) is 18.9 Å². The molecule has 1 aliphatic rings. The molecule has 0 aliphatic carbocycles. The maximum atomic E-state index is 12.4. The van der Waals surface area contributed by atoms with Gasteiger partial charge in [0.1, 0.15) is 17.5 Å². The number of benzene rings is 1. The molecule has 1 aromatic heterocycles. The third-order valence-electron chi connectivity index (χ3n) is 4.43. The molecule has 3 rings (SSSR count). The Labute approximate surface area is 149 Å². The first-order valence-electron chi connectivity index (χ1n) is 8.08. The number of anilines is 1. The lowest BCUT2D eigenvalue weighted by atomic mass is 10.2. The number of carbonyl (C=O) groups excluding carboxylic acids is 1. The summed E-state index contributed by atoms with van der Waals surface area (Å²) in [6.07, 6.45) is 2.14. The van der Waals surface area contributed by atoms with E-state index in [1.54, 1.807) is 17.4 Å². The predicted octanol–water partition coefficient (Wildman–Crippen LogP) is 2.02. The average molecular weight is 362 g/mol. The molecule has 2 heterocycles. The molecule has 7 nitrogen and oxygen atoms in total. The van der Waals surface area contributed by atoms with E-state index in [1.165, 1.54) is 29.0 Å². The van der Waals surface area contributed by atoms with E-state index in [1.807, 2.05) is 11.4 Å². The van der Waals surface area contributed by atoms with E-state index >= 15 is 0 Å². The Balaban J connectivity index is 1.69. The van der Waals surface area contributed by atoms with Crippen molar-refractivity contribution >= 4 is 28.6 Å². The summed E-state index contributed by atoms with van der Waals surface area (Å²) in [5, 5.41) is 15.9. The molecule has 25 heavy (non-hydrogen) atoms. The summed E-state index contributed by atoms with van der Waals surface area (Å²) in [6.45, 7) is 1.23. The standard InChI is InChI=1S/C17H19N3O4S/c1-24-12-6-7-13(15(10-12)20(22)23)18-17(21)11-19-8-2-4-14(19)16-5-3-9-25-16/h3,5-7,9-10,14H,2,4,8,11H2,1H3,(H,18,21)/p+1/t14-/m0/s1. The van der Waals surface area contributed by atoms with Crippen molar-refractivity contribution in [2.75, 3.05) is 25.5 Å². The largest absolute Gasteiger partial charge is 0.496 e. The summed E-state index contributed by atoms with van der Waals surface area (Å²) in [5.74, 6) is 0.166. The topological polar surface area (TPSA) is 85.9 Å². The van der Waals surface area contributed by atoms with Crippen molar-refractivity contribution in [1.29, 1.82) is 0 Å². The quantitative estimate of drug-likeness (QED) is 0.608. The average Bonchev–Trinajstić information content (AvgIpc) is 3.26. The fourth-order valence-corrected chi connectivity index (χ4v) is 4.17. The van der Waals surface area contributed by atoms with Gasteiger partial charge in [0, 0.05) is 12.8 Å². The van der Waals surface area contributed by atoms with Crippen LogP contribution >= 0.6 is 11.3 Å². The lowest BCUT2D eigenvalue weighted by Crippen LogP contribution is -3.11. The summed E-state index contributed by atoms with van der Waals surface area (Å²) in [7, 11) is 1.44. The van der Waals surface area contributed by atoms with E-state index in [0.717, 1.165) is 19.4 Å². The van der Waals surface area contributed by atoms with E-state index in [0.29, 0.717) is 18.3 Å². The number of carbonyl (C=O) groups is 1. The maximum Gasteiger partial charge on any atom is 0.296 e. The lowest BCUT2D eigenvalue weighted by molar-refractivity contribution is -0.910. The molecule has 1 aromatic carbocycles. The third kappa shape index (κ3) is 3.97. The first kappa shape index (κ1) is 17.4. The molecule has 1 fully saturated rings. The van der Waals surface area contributed by atoms with Crippen LogP contribution in [-0.2, 0) is 4.79 Å². The van der Waals surface area contributed by atoms with Gasteiger partial charge in [-0.3, -0.25) is 14.9 Å². The van der Waals surface area contributed by atoms with Crippen molar-refractivity contribution in [2.24, 2.45) is 0 Å². The van der Waals surface area contributed by atoms with Gasteiger partial charge in [0.15, 0.2) is 6.54 Å². The van der Waals surface area contributed by atoms with Crippen molar-refractivity contribution in [1.82, 2.24) is 0 Å². The molecular weight excluding hydrogens is 342 g/mol. The number of nitro benzene ring substituents is 1. The van der Waals surface area contributed by atoms with Gasteiger partial charge in [-0.15, -0.1) is 11.3 Å². The van der Waals surface area contributed by atoms with Crippen LogP contribution in [0.2, 0.25) is 0 Å². The number of thiophene rings is 1. The number of nitrogens with zero attached hydrogens (tertiary/aromatic N) is 1. The molecule has 2 aromatic rings. The molecule has 0 spiro atoms. The highest BCUT2D eigenvalue weighted by Crippen LogP contribution is 2.29. The van der Waals surface area contributed by atoms with Crippen molar-refractivity contribution < 1.29 is 19.4 Å². The Morgan fingerprint density at radius 1 is 1.48 bits per heavy atom. The predicted molar refractivity (Wildman–Crippen MR) is 95.3 cm³/mol. The van der Waals surface area contributed by atoms with Crippen LogP contribution in [0, 0.1) is 10.1 Å². The number of rotatable bonds is 6. The fraction of sp³-hybridized carbons (Fsp3) is 0.353. The first-order valence-corrected chi connectivity index (χ1v) is 8.96. The van der Waals surface area contributed by atoms with Crippen LogP contribution in [0.1, 0.15) is 23.8 Å². The summed E-state index contributed by atoms with van der Waals surface area (Å²) < 4.78 is 5.01. The minimum Gasteiger partial charge on any atom is -0.496 e. The van der Waals surface area contributed by atoms with Crippen LogP contribution in [0.3, 0.4) is 0 Å². The summed E-state index contributed by atoms with van der Waals surface area (Å²) in [4.78, 5) is 25.6. The third-order valence-corrected chi connectivity index (χ3v) is 5.42. The van der Waals surface area contributed by atoms with Gasteiger partial charge < -0.3 is 15.0 Å². The number of hydrogen-bond acceptors (Lipinski definition) is 5. The van der Waals surface area contributed by atoms with Gasteiger partial charge >= 0.3 is 0 Å². The number of amides is 1. The molecule has 2 N–H and O–H groups in total. The Kier molecular flexibility index (Phi) is 5.30. The SMILES string of the molecule is COc1ccc(NC(=O)C[NH+]2CCC[C@H]2c2cccs2)c([N+](=O)[O-])c1. The van der Waals surface area contributed by atoms with Crippen molar-refractivity contribution in [3.8, 4) is 5.75 Å². The van der Waals surface area contributed by atoms with Gasteiger partial charge in [-0.2, -0.15) is 0 Å². The maximum absolute atomic E-state index is 12.4. The highest BCUT2D eigenvalue weighted by atomic mass is 32.1. The molecule has 132 valence electrons. The number of quaternary nitrogens is 1. The summed E-state index contributed by atoms with van der Waals surface area (Å²) in [6, 6.07) is 8.87. The zero-order chi connectivity index (χ0) is 17.8. The van der Waals surface area contributed by atoms with Gasteiger partial charge in [-0.1, -0.05) is 6.07 Å². The van der Waals surface area contributed by atoms with Crippen molar-refractivity contribution in [3.05, 3.63) is 50.7 Å². The minimum absolute atomic E-state index is 0.168. The first-order chi connectivity index (χ1) is 12.1. The van der Waals surface area contributed by atoms with E-state index in [-0.39, 0.29) is 17.3 Å². The second kappa shape index (κ2) is 7.62. The highest BCUT2D eigenvalue weighted by Gasteiger charge is 2.32. The Bertz CT molecular complexity index is 763.